The third-order valence-electron chi connectivity index (χ3n) is 2.69. The van der Waals surface area contributed by atoms with Gasteiger partial charge in [0.25, 0.3) is 0 Å². The first-order valence-corrected chi connectivity index (χ1v) is 8.81. The van der Waals surface area contributed by atoms with E-state index in [0.29, 0.717) is 6.66 Å². The van der Waals surface area contributed by atoms with Gasteiger partial charge in [0.1, 0.15) is 12.4 Å². The van der Waals surface area contributed by atoms with Crippen LogP contribution in [-0.2, 0) is 4.57 Å². The van der Waals surface area contributed by atoms with Crippen LogP contribution in [-0.4, -0.2) is 32.4 Å². The first-order chi connectivity index (χ1) is 9.69. The molecule has 0 aromatic rings. The molecule has 0 amide bonds. The van der Waals surface area contributed by atoms with Gasteiger partial charge >= 0.3 is 0 Å². The Balaban J connectivity index is 0.000000296. The topological polar surface area (TPSA) is 96.8 Å². The summed E-state index contributed by atoms with van der Waals surface area (Å²) >= 11 is 0. The van der Waals surface area contributed by atoms with E-state index in [0.717, 1.165) is 12.8 Å². The van der Waals surface area contributed by atoms with Crippen molar-refractivity contribution in [1.29, 1.82) is 0 Å². The lowest BCUT2D eigenvalue weighted by Crippen LogP contribution is -3.06. The lowest BCUT2D eigenvalue weighted by molar-refractivity contribution is -0.719. The second-order valence-corrected chi connectivity index (χ2v) is 6.17. The molecule has 0 radical (unpaired) electrons. The molecule has 0 aromatic heterocycles. The molecular formula is C13H25N4O3P. The lowest BCUT2D eigenvalue weighted by Gasteiger charge is -2.22. The summed E-state index contributed by atoms with van der Waals surface area (Å²) in [5.41, 5.74) is 0. The Labute approximate surface area is 126 Å². The summed E-state index contributed by atoms with van der Waals surface area (Å²) < 4.78 is 9.10. The Hall–Kier alpha value is -1.11. The zero-order valence-corrected chi connectivity index (χ0v) is 14.2. The minimum Gasteiger partial charge on any atom is -0.811 e. The van der Waals surface area contributed by atoms with Crippen LogP contribution in [0, 0.1) is 0 Å². The van der Waals surface area contributed by atoms with Crippen LogP contribution >= 0.6 is 7.60 Å². The van der Waals surface area contributed by atoms with Gasteiger partial charge in [-0.05, 0) is 6.66 Å². The van der Waals surface area contributed by atoms with E-state index in [1.54, 1.807) is 0 Å². The normalized spacial score (nSPS) is 22.8. The highest BCUT2D eigenvalue weighted by Crippen LogP contribution is 2.12. The Morgan fingerprint density at radius 2 is 1.29 bits per heavy atom. The summed E-state index contributed by atoms with van der Waals surface area (Å²) in [5.74, 6) is 2.45. The molecule has 0 saturated carbocycles. The number of amidine groups is 2. The van der Waals surface area contributed by atoms with E-state index in [1.165, 1.54) is 21.5 Å². The molecule has 2 unspecified atom stereocenters. The van der Waals surface area contributed by atoms with Gasteiger partial charge in [0.05, 0.1) is 26.5 Å². The molecule has 21 heavy (non-hydrogen) atoms. The number of aliphatic imine (C=N–C) groups is 2. The van der Waals surface area contributed by atoms with Crippen LogP contribution in [0.1, 0.15) is 26.7 Å². The number of nitrogens with zero attached hydrogens (tertiary/aromatic N) is 2. The number of nitrogens with one attached hydrogen (secondary N) is 2. The van der Waals surface area contributed by atoms with Gasteiger partial charge in [0.2, 0.25) is 11.7 Å². The molecule has 0 fully saturated rings. The minimum atomic E-state index is -4.14. The zero-order valence-electron chi connectivity index (χ0n) is 13.3. The number of quaternary nitrogens is 2. The van der Waals surface area contributed by atoms with Gasteiger partial charge in [-0.2, -0.15) is 0 Å². The van der Waals surface area contributed by atoms with E-state index in [1.807, 2.05) is 24.8 Å². The third kappa shape index (κ3) is 10.3. The maximum Gasteiger partial charge on any atom is 0.205 e. The molecule has 0 bridgehead atoms. The summed E-state index contributed by atoms with van der Waals surface area (Å²) in [6.07, 6.45) is 9.90. The second kappa shape index (κ2) is 9.76. The van der Waals surface area contributed by atoms with Gasteiger partial charge in [0, 0.05) is 12.8 Å². The molecular weight excluding hydrogens is 291 g/mol. The van der Waals surface area contributed by atoms with Crippen LogP contribution in [0.15, 0.2) is 34.8 Å². The van der Waals surface area contributed by atoms with Crippen molar-refractivity contribution in [3.8, 4) is 0 Å². The smallest absolute Gasteiger partial charge is 0.205 e. The number of hydrogen-bond acceptors (Lipinski definition) is 5. The van der Waals surface area contributed by atoms with Crippen LogP contribution in [0.25, 0.3) is 0 Å². The van der Waals surface area contributed by atoms with Crippen molar-refractivity contribution in [2.24, 2.45) is 9.98 Å². The van der Waals surface area contributed by atoms with E-state index < -0.39 is 7.60 Å². The third-order valence-corrected chi connectivity index (χ3v) is 2.69. The van der Waals surface area contributed by atoms with Gasteiger partial charge in [-0.15, -0.1) is 0 Å². The Kier molecular flexibility index (Phi) is 9.24. The highest BCUT2D eigenvalue weighted by atomic mass is 31.2. The summed E-state index contributed by atoms with van der Waals surface area (Å²) in [7, 11) is 0.0394. The molecule has 0 spiro atoms. The first-order valence-electron chi connectivity index (χ1n) is 6.82. The van der Waals surface area contributed by atoms with Crippen molar-refractivity contribution in [2.45, 2.75) is 26.7 Å². The second-order valence-electron chi connectivity index (χ2n) is 4.63. The fraction of sp³-hybridized carbons (Fsp3) is 0.538. The van der Waals surface area contributed by atoms with Gasteiger partial charge in [-0.3, -0.25) is 9.80 Å². The van der Waals surface area contributed by atoms with Gasteiger partial charge in [-0.1, -0.05) is 21.4 Å². The Morgan fingerprint density at radius 3 is 1.38 bits per heavy atom. The summed E-state index contributed by atoms with van der Waals surface area (Å²) in [5, 5.41) is 0. The van der Waals surface area contributed by atoms with Gasteiger partial charge < -0.3 is 14.4 Å². The molecule has 2 heterocycles. The summed E-state index contributed by atoms with van der Waals surface area (Å²) in [6, 6.07) is 0. The van der Waals surface area contributed by atoms with Crippen molar-refractivity contribution >= 4 is 19.3 Å². The largest absolute Gasteiger partial charge is 0.811 e. The van der Waals surface area contributed by atoms with Crippen molar-refractivity contribution in [1.82, 2.24) is 0 Å². The number of hydrogen-bond donors (Lipinski definition) is 2. The predicted molar refractivity (Wildman–Crippen MR) is 81.0 cm³/mol. The van der Waals surface area contributed by atoms with Crippen molar-refractivity contribution in [3.63, 3.8) is 0 Å². The SMILES string of the molecule is CCC1=NC=C[NH+]1C.CCC1=NC=C[NH+]1C.CP(=O)([O-])[O-]. The van der Waals surface area contributed by atoms with Crippen LogP contribution < -0.4 is 19.6 Å². The highest BCUT2D eigenvalue weighted by Gasteiger charge is 2.09. The van der Waals surface area contributed by atoms with Crippen LogP contribution in [0.3, 0.4) is 0 Å². The molecule has 2 N–H and O–H groups in total. The quantitative estimate of drug-likeness (QED) is 0.584. The fourth-order valence-electron chi connectivity index (χ4n) is 1.61. The first kappa shape index (κ1) is 19.9. The standard InChI is InChI=1S/2C6H10N2.CH5O3P/c2*1-3-6-7-4-5-8(6)2;1-5(2,3)4/h2*4-5H,3H2,1-2H3;1H3,(H2,2,3,4). The van der Waals surface area contributed by atoms with Crippen molar-refractivity contribution in [3.05, 3.63) is 24.8 Å². The van der Waals surface area contributed by atoms with Crippen LogP contribution in [0.4, 0.5) is 0 Å². The van der Waals surface area contributed by atoms with Crippen molar-refractivity contribution in [2.75, 3.05) is 20.8 Å². The minimum absolute atomic E-state index is 0.632. The van der Waals surface area contributed by atoms with E-state index in [4.69, 9.17) is 14.4 Å². The maximum atomic E-state index is 9.10. The molecule has 2 aliphatic heterocycles. The molecule has 0 aliphatic carbocycles. The summed E-state index contributed by atoms with van der Waals surface area (Å²) in [6.45, 7) is 4.87. The van der Waals surface area contributed by atoms with Crippen LogP contribution in [0.5, 0.6) is 0 Å². The molecule has 8 heteroatoms. The van der Waals surface area contributed by atoms with Gasteiger partial charge in [0.15, 0.2) is 0 Å². The Morgan fingerprint density at radius 1 is 1.00 bits per heavy atom. The van der Waals surface area contributed by atoms with E-state index in [9.17, 15) is 0 Å². The molecule has 2 aliphatic rings. The monoisotopic (exact) mass is 316 g/mol. The van der Waals surface area contributed by atoms with E-state index >= 15 is 0 Å². The maximum absolute atomic E-state index is 9.10. The van der Waals surface area contributed by atoms with Gasteiger partial charge in [-0.25, -0.2) is 9.98 Å². The lowest BCUT2D eigenvalue weighted by atomic mass is 10.4. The van der Waals surface area contributed by atoms with Crippen LogP contribution in [0.2, 0.25) is 0 Å². The average molecular weight is 316 g/mol. The fourth-order valence-corrected chi connectivity index (χ4v) is 1.61. The molecule has 7 nitrogen and oxygen atoms in total. The summed E-state index contributed by atoms with van der Waals surface area (Å²) in [4.78, 5) is 29.1. The highest BCUT2D eigenvalue weighted by molar-refractivity contribution is 7.47. The molecule has 2 atom stereocenters. The number of rotatable bonds is 2. The molecule has 0 saturated heterocycles. The van der Waals surface area contributed by atoms with E-state index in [2.05, 4.69) is 37.9 Å². The molecule has 120 valence electrons. The molecule has 2 rings (SSSR count). The van der Waals surface area contributed by atoms with E-state index in [-0.39, 0.29) is 0 Å². The molecule has 0 aromatic carbocycles. The Bertz CT molecular complexity index is 438. The predicted octanol–water partition coefficient (Wildman–Crippen LogP) is -1.88. The van der Waals surface area contributed by atoms with Crippen molar-refractivity contribution < 1.29 is 24.2 Å². The zero-order chi connectivity index (χ0) is 16.5. The average Bonchev–Trinajstić information content (AvgIpc) is 2.96.